The molecule has 0 heterocycles. The molecule has 162 valence electrons. The fourth-order valence-corrected chi connectivity index (χ4v) is 5.19. The Kier molecular flexibility index (Phi) is 7.50. The van der Waals surface area contributed by atoms with Crippen molar-refractivity contribution in [2.24, 2.45) is 5.92 Å². The van der Waals surface area contributed by atoms with Crippen LogP contribution in [0.3, 0.4) is 0 Å². The summed E-state index contributed by atoms with van der Waals surface area (Å²) in [6, 6.07) is 14.6. The Labute approximate surface area is 179 Å². The molecule has 2 aromatic carbocycles. The van der Waals surface area contributed by atoms with E-state index >= 15 is 0 Å². The number of carbonyl (C=O) groups excluding carboxylic acids is 1. The predicted molar refractivity (Wildman–Crippen MR) is 117 cm³/mol. The van der Waals surface area contributed by atoms with E-state index in [1.165, 1.54) is 0 Å². The van der Waals surface area contributed by atoms with E-state index in [0.29, 0.717) is 44.6 Å². The van der Waals surface area contributed by atoms with Gasteiger partial charge in [0.1, 0.15) is 5.75 Å². The van der Waals surface area contributed by atoms with Gasteiger partial charge in [-0.1, -0.05) is 30.3 Å². The molecule has 0 saturated heterocycles. The average Bonchev–Trinajstić information content (AvgIpc) is 2.74. The zero-order chi connectivity index (χ0) is 21.6. The van der Waals surface area contributed by atoms with Crippen molar-refractivity contribution in [3.63, 3.8) is 0 Å². The van der Waals surface area contributed by atoms with E-state index in [4.69, 9.17) is 4.74 Å². The molecule has 30 heavy (non-hydrogen) atoms. The van der Waals surface area contributed by atoms with Gasteiger partial charge in [0.2, 0.25) is 15.9 Å². The van der Waals surface area contributed by atoms with Crippen LogP contribution in [0.25, 0.3) is 0 Å². The van der Waals surface area contributed by atoms with Crippen molar-refractivity contribution in [1.82, 2.24) is 10.0 Å². The number of carbonyl (C=O) groups is 1. The van der Waals surface area contributed by atoms with Crippen LogP contribution in [0.2, 0.25) is 0 Å². The third kappa shape index (κ3) is 5.83. The van der Waals surface area contributed by atoms with Gasteiger partial charge in [0.25, 0.3) is 0 Å². The fraction of sp³-hybridized carbons (Fsp3) is 0.435. The summed E-state index contributed by atoms with van der Waals surface area (Å²) in [5, 5.41) is 2.99. The summed E-state index contributed by atoms with van der Waals surface area (Å²) in [5.74, 6) is 0.669. The van der Waals surface area contributed by atoms with Gasteiger partial charge in [-0.15, -0.1) is 0 Å². The minimum atomic E-state index is -3.60. The highest BCUT2D eigenvalue weighted by atomic mass is 32.2. The van der Waals surface area contributed by atoms with Crippen LogP contribution in [0.4, 0.5) is 0 Å². The molecular formula is C23H30N2O4S. The maximum Gasteiger partial charge on any atom is 0.240 e. The van der Waals surface area contributed by atoms with Gasteiger partial charge in [0, 0.05) is 18.5 Å². The first-order valence-electron chi connectivity index (χ1n) is 10.5. The van der Waals surface area contributed by atoms with Gasteiger partial charge in [-0.2, -0.15) is 0 Å². The van der Waals surface area contributed by atoms with E-state index in [1.807, 2.05) is 44.2 Å². The van der Waals surface area contributed by atoms with Gasteiger partial charge in [-0.25, -0.2) is 13.1 Å². The van der Waals surface area contributed by atoms with Gasteiger partial charge in [0.05, 0.1) is 11.5 Å². The van der Waals surface area contributed by atoms with E-state index in [9.17, 15) is 13.2 Å². The van der Waals surface area contributed by atoms with E-state index in [0.717, 1.165) is 11.1 Å². The second-order valence-electron chi connectivity index (χ2n) is 7.73. The van der Waals surface area contributed by atoms with Crippen molar-refractivity contribution in [2.45, 2.75) is 57.0 Å². The molecule has 1 aliphatic rings. The van der Waals surface area contributed by atoms with Gasteiger partial charge in [-0.3, -0.25) is 4.79 Å². The summed E-state index contributed by atoms with van der Waals surface area (Å²) in [4.78, 5) is 12.7. The molecule has 0 spiro atoms. The van der Waals surface area contributed by atoms with Gasteiger partial charge in [-0.05, 0) is 68.9 Å². The van der Waals surface area contributed by atoms with E-state index < -0.39 is 10.0 Å². The lowest BCUT2D eigenvalue weighted by Gasteiger charge is -2.28. The number of benzene rings is 2. The highest BCUT2D eigenvalue weighted by Crippen LogP contribution is 2.27. The maximum atomic E-state index is 12.8. The molecule has 6 nitrogen and oxygen atoms in total. The van der Waals surface area contributed by atoms with Crippen LogP contribution in [-0.2, 0) is 21.4 Å². The van der Waals surface area contributed by atoms with E-state index in [1.54, 1.807) is 18.2 Å². The molecule has 1 saturated carbocycles. The Morgan fingerprint density at radius 2 is 1.77 bits per heavy atom. The standard InChI is InChI=1S/C23H30N2O4S/c1-3-29-22-14-13-21(15-17(22)2)30(27,28)25-20-11-9-19(10-12-20)23(26)24-16-18-7-5-4-6-8-18/h4-8,13-15,19-20,25H,3,9-12,16H2,1-2H3,(H,24,26). The average molecular weight is 431 g/mol. The van der Waals surface area contributed by atoms with Crippen molar-refractivity contribution < 1.29 is 17.9 Å². The summed E-state index contributed by atoms with van der Waals surface area (Å²) in [7, 11) is -3.60. The molecule has 1 aliphatic carbocycles. The first kappa shape index (κ1) is 22.3. The molecule has 0 bridgehead atoms. The Hall–Kier alpha value is -2.38. The smallest absolute Gasteiger partial charge is 0.240 e. The summed E-state index contributed by atoms with van der Waals surface area (Å²) in [5.41, 5.74) is 1.86. The monoisotopic (exact) mass is 430 g/mol. The number of ether oxygens (including phenoxy) is 1. The quantitative estimate of drug-likeness (QED) is 0.671. The molecule has 0 aromatic heterocycles. The largest absolute Gasteiger partial charge is 0.494 e. The van der Waals surface area contributed by atoms with E-state index in [2.05, 4.69) is 10.0 Å². The van der Waals surface area contributed by atoms with Crippen LogP contribution in [0.1, 0.15) is 43.7 Å². The lowest BCUT2D eigenvalue weighted by atomic mass is 9.86. The molecular weight excluding hydrogens is 400 g/mol. The van der Waals surface area contributed by atoms with Gasteiger partial charge >= 0.3 is 0 Å². The highest BCUT2D eigenvalue weighted by Gasteiger charge is 2.29. The van der Waals surface area contributed by atoms with Crippen molar-refractivity contribution in [3.05, 3.63) is 59.7 Å². The lowest BCUT2D eigenvalue weighted by Crippen LogP contribution is -2.40. The number of nitrogens with one attached hydrogen (secondary N) is 2. The fourth-order valence-electron chi connectivity index (χ4n) is 3.80. The number of hydrogen-bond donors (Lipinski definition) is 2. The summed E-state index contributed by atoms with van der Waals surface area (Å²) in [6.45, 7) is 4.78. The molecule has 2 N–H and O–H groups in total. The Bertz CT molecular complexity index is 952. The van der Waals surface area contributed by atoms with Crippen LogP contribution >= 0.6 is 0 Å². The third-order valence-electron chi connectivity index (χ3n) is 5.49. The van der Waals surface area contributed by atoms with Crippen molar-refractivity contribution in [2.75, 3.05) is 6.61 Å². The predicted octanol–water partition coefficient (Wildman–Crippen LogP) is 3.55. The molecule has 0 atom stereocenters. The second-order valence-corrected chi connectivity index (χ2v) is 9.45. The molecule has 1 amide bonds. The van der Waals surface area contributed by atoms with Crippen molar-refractivity contribution in [3.8, 4) is 5.75 Å². The summed E-state index contributed by atoms with van der Waals surface area (Å²) >= 11 is 0. The third-order valence-corrected chi connectivity index (χ3v) is 7.00. The molecule has 2 aromatic rings. The first-order chi connectivity index (χ1) is 14.4. The SMILES string of the molecule is CCOc1ccc(S(=O)(=O)NC2CCC(C(=O)NCc3ccccc3)CC2)cc1C. The summed E-state index contributed by atoms with van der Waals surface area (Å²) < 4.78 is 33.8. The first-order valence-corrected chi connectivity index (χ1v) is 11.9. The molecule has 1 fully saturated rings. The normalized spacial score (nSPS) is 19.3. The minimum Gasteiger partial charge on any atom is -0.494 e. The van der Waals surface area contributed by atoms with Crippen LogP contribution in [0.15, 0.2) is 53.4 Å². The molecule has 7 heteroatoms. The van der Waals surface area contributed by atoms with Crippen molar-refractivity contribution in [1.29, 1.82) is 0 Å². The Morgan fingerprint density at radius 3 is 2.40 bits per heavy atom. The van der Waals surface area contributed by atoms with Crippen LogP contribution < -0.4 is 14.8 Å². The van der Waals surface area contributed by atoms with Gasteiger partial charge in [0.15, 0.2) is 0 Å². The number of amides is 1. The lowest BCUT2D eigenvalue weighted by molar-refractivity contribution is -0.126. The van der Waals surface area contributed by atoms with Crippen LogP contribution in [-0.4, -0.2) is 27.0 Å². The molecule has 0 aliphatic heterocycles. The topological polar surface area (TPSA) is 84.5 Å². The Balaban J connectivity index is 1.51. The maximum absolute atomic E-state index is 12.8. The number of aryl methyl sites for hydroxylation is 1. The van der Waals surface area contributed by atoms with Crippen LogP contribution in [0.5, 0.6) is 5.75 Å². The zero-order valence-electron chi connectivity index (χ0n) is 17.6. The van der Waals surface area contributed by atoms with Gasteiger partial charge < -0.3 is 10.1 Å². The van der Waals surface area contributed by atoms with Crippen molar-refractivity contribution >= 4 is 15.9 Å². The molecule has 0 radical (unpaired) electrons. The summed E-state index contributed by atoms with van der Waals surface area (Å²) in [6.07, 6.45) is 2.66. The second kappa shape index (κ2) is 10.1. The number of hydrogen-bond acceptors (Lipinski definition) is 4. The molecule has 3 rings (SSSR count). The molecule has 0 unspecified atom stereocenters. The number of rotatable bonds is 8. The van der Waals surface area contributed by atoms with E-state index in [-0.39, 0.29) is 22.8 Å². The highest BCUT2D eigenvalue weighted by molar-refractivity contribution is 7.89. The Morgan fingerprint density at radius 1 is 1.07 bits per heavy atom. The number of sulfonamides is 1. The van der Waals surface area contributed by atoms with Crippen LogP contribution in [0, 0.1) is 12.8 Å². The minimum absolute atomic E-state index is 0.0438. The zero-order valence-corrected chi connectivity index (χ0v) is 18.4.